The van der Waals surface area contributed by atoms with Gasteiger partial charge in [0.2, 0.25) is 5.91 Å². The summed E-state index contributed by atoms with van der Waals surface area (Å²) in [5.74, 6) is 0.316. The van der Waals surface area contributed by atoms with Crippen molar-refractivity contribution in [2.75, 3.05) is 33.7 Å². The first-order valence-electron chi connectivity index (χ1n) is 10.5. The van der Waals surface area contributed by atoms with E-state index >= 15 is 0 Å². The zero-order valence-electron chi connectivity index (χ0n) is 19.0. The second-order valence-corrected chi connectivity index (χ2v) is 7.55. The average molecular weight is 577 g/mol. The Morgan fingerprint density at radius 1 is 1.18 bits per heavy atom. The molecule has 1 aromatic carbocycles. The monoisotopic (exact) mass is 577 g/mol. The summed E-state index contributed by atoms with van der Waals surface area (Å²) in [5.41, 5.74) is 0.916. The lowest BCUT2D eigenvalue weighted by molar-refractivity contribution is -0.137. The first-order chi connectivity index (χ1) is 15.2. The highest BCUT2D eigenvalue weighted by atomic mass is 127. The minimum atomic E-state index is -4.35. The van der Waals surface area contributed by atoms with Crippen LogP contribution in [0.2, 0.25) is 0 Å². The molecule has 0 fully saturated rings. The van der Waals surface area contributed by atoms with Crippen molar-refractivity contribution in [1.29, 1.82) is 0 Å². The second kappa shape index (κ2) is 14.0. The molecule has 0 aliphatic rings. The number of benzene rings is 1. The zero-order valence-corrected chi connectivity index (χ0v) is 21.4. The molecule has 1 unspecified atom stereocenters. The van der Waals surface area contributed by atoms with Crippen molar-refractivity contribution in [1.82, 2.24) is 20.5 Å². The van der Waals surface area contributed by atoms with Crippen molar-refractivity contribution in [2.45, 2.75) is 31.9 Å². The molecular weight excluding hydrogens is 546 g/mol. The number of pyridine rings is 1. The van der Waals surface area contributed by atoms with Crippen LogP contribution in [0.25, 0.3) is 0 Å². The topological polar surface area (TPSA) is 69.6 Å². The highest BCUT2D eigenvalue weighted by Gasteiger charge is 2.30. The number of likely N-dealkylation sites (N-methyl/N-ethyl adjacent to an activating group) is 1. The predicted molar refractivity (Wildman–Crippen MR) is 135 cm³/mol. The van der Waals surface area contributed by atoms with Crippen LogP contribution in [0.3, 0.4) is 0 Å². The highest BCUT2D eigenvalue weighted by Crippen LogP contribution is 2.31. The molecule has 33 heavy (non-hydrogen) atoms. The molecule has 0 aliphatic heterocycles. The molecule has 0 aliphatic carbocycles. The van der Waals surface area contributed by atoms with E-state index in [2.05, 4.69) is 20.6 Å². The van der Waals surface area contributed by atoms with E-state index in [4.69, 9.17) is 0 Å². The van der Waals surface area contributed by atoms with Gasteiger partial charge in [0.05, 0.1) is 12.1 Å². The number of carbonyl (C=O) groups is 1. The van der Waals surface area contributed by atoms with Crippen LogP contribution in [0.15, 0.2) is 53.7 Å². The van der Waals surface area contributed by atoms with Gasteiger partial charge in [0.15, 0.2) is 5.96 Å². The summed E-state index contributed by atoms with van der Waals surface area (Å²) in [4.78, 5) is 22.3. The molecule has 0 spiro atoms. The van der Waals surface area contributed by atoms with Crippen molar-refractivity contribution < 1.29 is 18.0 Å². The lowest BCUT2D eigenvalue weighted by Gasteiger charge is -2.19. The van der Waals surface area contributed by atoms with Gasteiger partial charge in [0.1, 0.15) is 0 Å². The highest BCUT2D eigenvalue weighted by molar-refractivity contribution is 14.0. The Morgan fingerprint density at radius 3 is 2.58 bits per heavy atom. The third-order valence-corrected chi connectivity index (χ3v) is 5.14. The molecular formula is C23H31F3IN5O. The van der Waals surface area contributed by atoms with Gasteiger partial charge in [-0.25, -0.2) is 0 Å². The molecule has 10 heteroatoms. The van der Waals surface area contributed by atoms with Crippen LogP contribution < -0.4 is 10.6 Å². The predicted octanol–water partition coefficient (Wildman–Crippen LogP) is 4.08. The maximum atomic E-state index is 12.9. The Bertz CT molecular complexity index is 893. The van der Waals surface area contributed by atoms with E-state index in [0.29, 0.717) is 37.5 Å². The summed E-state index contributed by atoms with van der Waals surface area (Å²) in [7, 11) is 3.33. The number of alkyl halides is 3. The first kappa shape index (κ1) is 28.7. The van der Waals surface area contributed by atoms with Gasteiger partial charge in [-0.2, -0.15) is 13.2 Å². The largest absolute Gasteiger partial charge is 0.416 e. The molecule has 2 aromatic rings. The lowest BCUT2D eigenvalue weighted by Crippen LogP contribution is -2.44. The summed E-state index contributed by atoms with van der Waals surface area (Å²) in [6, 6.07) is 11.1. The van der Waals surface area contributed by atoms with Crippen LogP contribution in [0.1, 0.15) is 36.1 Å². The normalized spacial score (nSPS) is 12.5. The number of amides is 1. The average Bonchev–Trinajstić information content (AvgIpc) is 2.79. The van der Waals surface area contributed by atoms with Crippen molar-refractivity contribution >= 4 is 35.8 Å². The van der Waals surface area contributed by atoms with Crippen LogP contribution in [-0.4, -0.2) is 55.5 Å². The number of nitrogens with one attached hydrogen (secondary N) is 2. The minimum Gasteiger partial charge on any atom is -0.356 e. The Kier molecular flexibility index (Phi) is 12.2. The molecule has 1 amide bonds. The maximum absolute atomic E-state index is 12.9. The van der Waals surface area contributed by atoms with E-state index in [1.165, 1.54) is 12.1 Å². The molecule has 1 heterocycles. The summed E-state index contributed by atoms with van der Waals surface area (Å²) in [6.07, 6.45) is -1.34. The number of nitrogens with zero attached hydrogens (tertiary/aromatic N) is 3. The fourth-order valence-electron chi connectivity index (χ4n) is 3.06. The smallest absolute Gasteiger partial charge is 0.356 e. The van der Waals surface area contributed by atoms with E-state index in [1.807, 2.05) is 25.1 Å². The molecule has 2 N–H and O–H groups in total. The molecule has 0 bridgehead atoms. The molecule has 0 saturated carbocycles. The van der Waals surface area contributed by atoms with Crippen molar-refractivity contribution in [3.8, 4) is 0 Å². The van der Waals surface area contributed by atoms with Gasteiger partial charge in [-0.15, -0.1) is 24.0 Å². The Labute approximate surface area is 210 Å². The van der Waals surface area contributed by atoms with Gasteiger partial charge in [-0.1, -0.05) is 31.2 Å². The first-order valence-corrected chi connectivity index (χ1v) is 10.5. The van der Waals surface area contributed by atoms with Gasteiger partial charge in [0.25, 0.3) is 0 Å². The number of guanidine groups is 1. The lowest BCUT2D eigenvalue weighted by atomic mass is 9.96. The second-order valence-electron chi connectivity index (χ2n) is 7.55. The van der Waals surface area contributed by atoms with Crippen LogP contribution >= 0.6 is 24.0 Å². The van der Waals surface area contributed by atoms with Crippen molar-refractivity contribution in [3.63, 3.8) is 0 Å². The molecule has 0 radical (unpaired) electrons. The van der Waals surface area contributed by atoms with Gasteiger partial charge in [-0.05, 0) is 36.1 Å². The number of carbonyl (C=O) groups excluding carboxylic acids is 1. The van der Waals surface area contributed by atoms with E-state index in [9.17, 15) is 18.0 Å². The number of hydrogen-bond donors (Lipinski definition) is 2. The molecule has 1 aromatic heterocycles. The number of rotatable bonds is 9. The number of halogens is 4. The summed E-state index contributed by atoms with van der Waals surface area (Å²) in [6.45, 7) is 3.02. The molecule has 0 saturated heterocycles. The van der Waals surface area contributed by atoms with E-state index < -0.39 is 11.7 Å². The summed E-state index contributed by atoms with van der Waals surface area (Å²) in [5, 5.41) is 6.08. The van der Waals surface area contributed by atoms with E-state index in [0.717, 1.165) is 11.8 Å². The van der Waals surface area contributed by atoms with Gasteiger partial charge >= 0.3 is 6.18 Å². The summed E-state index contributed by atoms with van der Waals surface area (Å²) >= 11 is 0. The van der Waals surface area contributed by atoms with Crippen molar-refractivity contribution in [3.05, 3.63) is 65.5 Å². The van der Waals surface area contributed by atoms with Crippen molar-refractivity contribution in [2.24, 2.45) is 4.99 Å². The number of aromatic nitrogens is 1. The molecule has 182 valence electrons. The van der Waals surface area contributed by atoms with Gasteiger partial charge in [-0.3, -0.25) is 14.8 Å². The summed E-state index contributed by atoms with van der Waals surface area (Å²) < 4.78 is 38.7. The molecule has 6 nitrogen and oxygen atoms in total. The van der Waals surface area contributed by atoms with Crippen LogP contribution in [0.4, 0.5) is 13.2 Å². The maximum Gasteiger partial charge on any atom is 0.416 e. The van der Waals surface area contributed by atoms with Gasteiger partial charge < -0.3 is 15.5 Å². The Balaban J connectivity index is 0.00000544. The molecule has 1 atom stereocenters. The fourth-order valence-corrected chi connectivity index (χ4v) is 3.06. The quantitative estimate of drug-likeness (QED) is 0.268. The number of aliphatic imine (C=N–C) groups is 1. The van der Waals surface area contributed by atoms with Gasteiger partial charge in [0, 0.05) is 45.5 Å². The van der Waals surface area contributed by atoms with E-state index in [-0.39, 0.29) is 42.3 Å². The number of hydrogen-bond acceptors (Lipinski definition) is 3. The fraction of sp³-hybridized carbons (Fsp3) is 0.435. The van der Waals surface area contributed by atoms with Crippen LogP contribution in [0, 0.1) is 0 Å². The molecule has 2 rings (SSSR count). The zero-order chi connectivity index (χ0) is 23.6. The third kappa shape index (κ3) is 9.97. The van der Waals surface area contributed by atoms with Crippen LogP contribution in [0.5, 0.6) is 0 Å². The SMILES string of the molecule is CN=C(NCCC(C)c1cccc(C(F)(F)F)c1)NCC(=O)N(C)CCc1ccccn1.I. The standard InChI is InChI=1S/C23H30F3N5O.HI/c1-17(18-7-6-8-19(15-18)23(24,25)26)10-13-29-22(27-2)30-16-21(32)31(3)14-11-20-9-4-5-12-28-20;/h4-9,12,15,17H,10-11,13-14,16H2,1-3H3,(H2,27,29,30);1H. The third-order valence-electron chi connectivity index (χ3n) is 5.14. The van der Waals surface area contributed by atoms with E-state index in [1.54, 1.807) is 31.3 Å². The Morgan fingerprint density at radius 2 is 1.94 bits per heavy atom. The van der Waals surface area contributed by atoms with Crippen LogP contribution in [-0.2, 0) is 17.4 Å². The Hall–Kier alpha value is -2.37. The minimum absolute atomic E-state index is 0.